The Bertz CT molecular complexity index is 592. The second kappa shape index (κ2) is 6.22. The fourth-order valence-corrected chi connectivity index (χ4v) is 2.36. The molecule has 0 aliphatic carbocycles. The molecule has 2 rings (SSSR count). The van der Waals surface area contributed by atoms with E-state index in [1.54, 1.807) is 45.3 Å². The Balaban J connectivity index is 2.32. The number of amides is 1. The van der Waals surface area contributed by atoms with Crippen LogP contribution in [0.3, 0.4) is 0 Å². The molecule has 0 saturated carbocycles. The minimum Gasteiger partial charge on any atom is -0.444 e. The van der Waals surface area contributed by atoms with Crippen molar-refractivity contribution in [2.75, 3.05) is 6.54 Å². The third kappa shape index (κ3) is 4.46. The number of aromatic nitrogens is 1. The van der Waals surface area contributed by atoms with E-state index in [1.165, 1.54) is 0 Å². The molecular formula is C16H19F3N2O2. The average molecular weight is 328 g/mol. The van der Waals surface area contributed by atoms with E-state index in [0.29, 0.717) is 0 Å². The van der Waals surface area contributed by atoms with Gasteiger partial charge in [-0.15, -0.1) is 0 Å². The molecule has 2 heterocycles. The van der Waals surface area contributed by atoms with Crippen LogP contribution in [0.15, 0.2) is 36.2 Å². The molecule has 4 nitrogen and oxygen atoms in total. The van der Waals surface area contributed by atoms with Gasteiger partial charge in [-0.25, -0.2) is 4.79 Å². The quantitative estimate of drug-likeness (QED) is 0.724. The summed E-state index contributed by atoms with van der Waals surface area (Å²) < 4.78 is 44.2. The third-order valence-corrected chi connectivity index (χ3v) is 3.39. The van der Waals surface area contributed by atoms with Crippen LogP contribution in [0, 0.1) is 0 Å². The SMILES string of the molecule is CC(C)(C)OC(=O)N1CC(C(F)(F)F)=CCC1c1ccncc1. The van der Waals surface area contributed by atoms with Crippen molar-refractivity contribution in [3.63, 3.8) is 0 Å². The van der Waals surface area contributed by atoms with Gasteiger partial charge in [-0.2, -0.15) is 13.2 Å². The number of ether oxygens (including phenoxy) is 1. The van der Waals surface area contributed by atoms with Crippen LogP contribution in [0.1, 0.15) is 38.8 Å². The Morgan fingerprint density at radius 1 is 1.26 bits per heavy atom. The molecule has 0 aromatic carbocycles. The van der Waals surface area contributed by atoms with Crippen molar-refractivity contribution in [1.29, 1.82) is 0 Å². The summed E-state index contributed by atoms with van der Waals surface area (Å²) in [5, 5.41) is 0. The van der Waals surface area contributed by atoms with Crippen LogP contribution in [0.4, 0.5) is 18.0 Å². The molecule has 1 amide bonds. The van der Waals surface area contributed by atoms with E-state index >= 15 is 0 Å². The zero-order chi connectivity index (χ0) is 17.3. The summed E-state index contributed by atoms with van der Waals surface area (Å²) in [6.45, 7) is 4.51. The highest BCUT2D eigenvalue weighted by atomic mass is 19.4. The number of carbonyl (C=O) groups is 1. The Morgan fingerprint density at radius 2 is 1.87 bits per heavy atom. The van der Waals surface area contributed by atoms with Crippen LogP contribution in [0.2, 0.25) is 0 Å². The molecule has 1 atom stereocenters. The van der Waals surface area contributed by atoms with Gasteiger partial charge in [0.15, 0.2) is 0 Å². The van der Waals surface area contributed by atoms with E-state index in [2.05, 4.69) is 4.98 Å². The van der Waals surface area contributed by atoms with Crippen LogP contribution < -0.4 is 0 Å². The first kappa shape index (κ1) is 17.3. The lowest BCUT2D eigenvalue weighted by atomic mass is 9.97. The van der Waals surface area contributed by atoms with Gasteiger partial charge in [-0.1, -0.05) is 6.08 Å². The number of halogens is 3. The van der Waals surface area contributed by atoms with Gasteiger partial charge in [0.05, 0.1) is 12.6 Å². The van der Waals surface area contributed by atoms with Gasteiger partial charge in [0.1, 0.15) is 5.60 Å². The first-order valence-electron chi connectivity index (χ1n) is 7.24. The Hall–Kier alpha value is -2.05. The maximum absolute atomic E-state index is 13.0. The normalized spacial score (nSPS) is 19.3. The number of alkyl halides is 3. The molecule has 0 bridgehead atoms. The molecule has 0 fully saturated rings. The molecular weight excluding hydrogens is 309 g/mol. The van der Waals surface area contributed by atoms with E-state index < -0.39 is 36.0 Å². The number of rotatable bonds is 1. The second-order valence-corrected chi connectivity index (χ2v) is 6.37. The van der Waals surface area contributed by atoms with Gasteiger partial charge in [0, 0.05) is 18.0 Å². The molecule has 1 aliphatic heterocycles. The molecule has 0 saturated heterocycles. The summed E-state index contributed by atoms with van der Waals surface area (Å²) in [7, 11) is 0. The van der Waals surface area contributed by atoms with Crippen molar-refractivity contribution in [3.8, 4) is 0 Å². The fraction of sp³-hybridized carbons (Fsp3) is 0.500. The van der Waals surface area contributed by atoms with E-state index in [1.807, 2.05) is 0 Å². The summed E-state index contributed by atoms with van der Waals surface area (Å²) in [6, 6.07) is 2.88. The molecule has 7 heteroatoms. The average Bonchev–Trinajstić information content (AvgIpc) is 2.45. The predicted octanol–water partition coefficient (Wildman–Crippen LogP) is 4.25. The third-order valence-electron chi connectivity index (χ3n) is 3.39. The highest BCUT2D eigenvalue weighted by Crippen LogP contribution is 2.36. The number of nitrogens with zero attached hydrogens (tertiary/aromatic N) is 2. The Kier molecular flexibility index (Phi) is 4.68. The van der Waals surface area contributed by atoms with Gasteiger partial charge < -0.3 is 4.74 Å². The smallest absolute Gasteiger partial charge is 0.414 e. The Morgan fingerprint density at radius 3 is 2.39 bits per heavy atom. The van der Waals surface area contributed by atoms with Gasteiger partial charge >= 0.3 is 12.3 Å². The summed E-state index contributed by atoms with van der Waals surface area (Å²) in [4.78, 5) is 17.4. The number of hydrogen-bond donors (Lipinski definition) is 0. The van der Waals surface area contributed by atoms with E-state index in [9.17, 15) is 18.0 Å². The minimum atomic E-state index is -4.45. The molecule has 0 spiro atoms. The first-order valence-corrected chi connectivity index (χ1v) is 7.24. The van der Waals surface area contributed by atoms with Gasteiger partial charge in [0.2, 0.25) is 0 Å². The van der Waals surface area contributed by atoms with Gasteiger partial charge in [0.25, 0.3) is 0 Å². The monoisotopic (exact) mass is 328 g/mol. The van der Waals surface area contributed by atoms with Crippen LogP contribution >= 0.6 is 0 Å². The van der Waals surface area contributed by atoms with E-state index in [4.69, 9.17) is 4.74 Å². The topological polar surface area (TPSA) is 42.4 Å². The van der Waals surface area contributed by atoms with Crippen molar-refractivity contribution in [3.05, 3.63) is 41.7 Å². The van der Waals surface area contributed by atoms with Crippen LogP contribution in [0.5, 0.6) is 0 Å². The maximum Gasteiger partial charge on any atom is 0.414 e. The van der Waals surface area contributed by atoms with Crippen LogP contribution in [-0.4, -0.2) is 34.3 Å². The first-order chi connectivity index (χ1) is 10.6. The molecule has 1 aromatic heterocycles. The van der Waals surface area contributed by atoms with Crippen LogP contribution in [-0.2, 0) is 4.74 Å². The minimum absolute atomic E-state index is 0.0814. The zero-order valence-corrected chi connectivity index (χ0v) is 13.2. The van der Waals surface area contributed by atoms with E-state index in [-0.39, 0.29) is 6.42 Å². The van der Waals surface area contributed by atoms with Crippen molar-refractivity contribution in [2.45, 2.75) is 45.0 Å². The van der Waals surface area contributed by atoms with Crippen molar-refractivity contribution in [1.82, 2.24) is 9.88 Å². The highest BCUT2D eigenvalue weighted by Gasteiger charge is 2.41. The van der Waals surface area contributed by atoms with Gasteiger partial charge in [-0.3, -0.25) is 9.88 Å². The number of hydrogen-bond acceptors (Lipinski definition) is 3. The number of pyridine rings is 1. The predicted molar refractivity (Wildman–Crippen MR) is 78.7 cm³/mol. The van der Waals surface area contributed by atoms with Crippen LogP contribution in [0.25, 0.3) is 0 Å². The van der Waals surface area contributed by atoms with Crippen molar-refractivity contribution >= 4 is 6.09 Å². The fourth-order valence-electron chi connectivity index (χ4n) is 2.36. The molecule has 1 aromatic rings. The Labute approximate surface area is 133 Å². The lowest BCUT2D eigenvalue weighted by Crippen LogP contribution is -2.43. The molecule has 1 unspecified atom stereocenters. The molecule has 126 valence electrons. The summed E-state index contributed by atoms with van der Waals surface area (Å²) >= 11 is 0. The highest BCUT2D eigenvalue weighted by molar-refractivity contribution is 5.69. The second-order valence-electron chi connectivity index (χ2n) is 6.37. The lowest BCUT2D eigenvalue weighted by Gasteiger charge is -2.37. The summed E-state index contributed by atoms with van der Waals surface area (Å²) in [5.74, 6) is 0. The molecule has 0 N–H and O–H groups in total. The number of carbonyl (C=O) groups excluding carboxylic acids is 1. The summed E-state index contributed by atoms with van der Waals surface area (Å²) in [6.07, 6.45) is -0.890. The standard InChI is InChI=1S/C16H19F3N2O2/c1-15(2,3)23-14(22)21-10-12(16(17,18)19)4-5-13(21)11-6-8-20-9-7-11/h4,6-9,13H,5,10H2,1-3H3. The largest absolute Gasteiger partial charge is 0.444 e. The molecule has 0 radical (unpaired) electrons. The van der Waals surface area contributed by atoms with Crippen molar-refractivity contribution in [2.24, 2.45) is 0 Å². The van der Waals surface area contributed by atoms with Gasteiger partial charge in [-0.05, 0) is 44.9 Å². The van der Waals surface area contributed by atoms with E-state index in [0.717, 1.165) is 16.5 Å². The molecule has 1 aliphatic rings. The summed E-state index contributed by atoms with van der Waals surface area (Å²) in [5.41, 5.74) is -0.781. The van der Waals surface area contributed by atoms with Crippen molar-refractivity contribution < 1.29 is 22.7 Å². The zero-order valence-electron chi connectivity index (χ0n) is 13.2. The molecule has 23 heavy (non-hydrogen) atoms. The lowest BCUT2D eigenvalue weighted by molar-refractivity contribution is -0.0984. The maximum atomic E-state index is 13.0.